The minimum Gasteiger partial charge on any atom is -0.395 e. The maximum absolute atomic E-state index is 11.3. The molecule has 0 spiro atoms. The van der Waals surface area contributed by atoms with Crippen LogP contribution in [0.25, 0.3) is 0 Å². The zero-order valence-corrected chi connectivity index (χ0v) is 20.2. The fourth-order valence-corrected chi connectivity index (χ4v) is 4.15. The number of unbranched alkanes of at least 4 members (excludes halogenated alkanes) is 11. The third-order valence-electron chi connectivity index (χ3n) is 5.13. The quantitative estimate of drug-likeness (QED) is 0.187. The number of hydrogen-bond acceptors (Lipinski definition) is 5. The summed E-state index contributed by atoms with van der Waals surface area (Å²) in [6, 6.07) is 6.74. The molecule has 6 nitrogen and oxygen atoms in total. The number of rotatable bonds is 18. The molecule has 0 heterocycles. The van der Waals surface area contributed by atoms with Crippen LogP contribution in [0.1, 0.15) is 89.5 Å². The summed E-state index contributed by atoms with van der Waals surface area (Å²) in [4.78, 5) is 0.0630. The second kappa shape index (κ2) is 20.9. The summed E-state index contributed by atoms with van der Waals surface area (Å²) in [6.45, 7) is 3.67. The Morgan fingerprint density at radius 1 is 0.742 bits per heavy atom. The van der Waals surface area contributed by atoms with E-state index >= 15 is 0 Å². The van der Waals surface area contributed by atoms with E-state index in [1.54, 1.807) is 12.1 Å². The van der Waals surface area contributed by atoms with Gasteiger partial charge in [0.25, 0.3) is 10.1 Å². The van der Waals surface area contributed by atoms with Gasteiger partial charge >= 0.3 is 0 Å². The molecule has 0 atom stereocenters. The molecule has 0 saturated heterocycles. The number of aliphatic hydroxyl groups is 2. The molecular weight excluding hydrogens is 414 g/mol. The Kier molecular flexibility index (Phi) is 20.2. The van der Waals surface area contributed by atoms with E-state index in [1.165, 1.54) is 70.3 Å². The zero-order chi connectivity index (χ0) is 23.2. The van der Waals surface area contributed by atoms with Crippen molar-refractivity contribution in [3.8, 4) is 0 Å². The second-order valence-electron chi connectivity index (χ2n) is 7.92. The first kappa shape index (κ1) is 30.0. The first-order valence-electron chi connectivity index (χ1n) is 11.9. The van der Waals surface area contributed by atoms with Crippen LogP contribution in [0.5, 0.6) is 0 Å². The van der Waals surface area contributed by atoms with E-state index < -0.39 is 10.1 Å². The SMILES string of the molecule is CCCCCCCCCCCCCCc1ccccc1S(=O)(=O)O.OCCNCCO. The van der Waals surface area contributed by atoms with E-state index in [4.69, 9.17) is 10.2 Å². The number of nitrogens with one attached hydrogen (secondary N) is 1. The normalized spacial score (nSPS) is 11.2. The summed E-state index contributed by atoms with van der Waals surface area (Å²) in [7, 11) is -4.10. The average molecular weight is 460 g/mol. The molecule has 1 aromatic carbocycles. The van der Waals surface area contributed by atoms with Gasteiger partial charge in [-0.25, -0.2) is 0 Å². The van der Waals surface area contributed by atoms with E-state index in [9.17, 15) is 13.0 Å². The molecule has 0 unspecified atom stereocenters. The van der Waals surface area contributed by atoms with Crippen molar-refractivity contribution in [3.63, 3.8) is 0 Å². The van der Waals surface area contributed by atoms with Gasteiger partial charge in [0.15, 0.2) is 0 Å². The van der Waals surface area contributed by atoms with Gasteiger partial charge in [-0.3, -0.25) is 4.55 Å². The van der Waals surface area contributed by atoms with E-state index in [-0.39, 0.29) is 18.1 Å². The highest BCUT2D eigenvalue weighted by atomic mass is 32.2. The fourth-order valence-electron chi connectivity index (χ4n) is 3.40. The standard InChI is InChI=1S/C20H34O3S.C4H11NO2/c1-2-3-4-5-6-7-8-9-10-11-12-13-16-19-17-14-15-18-20(19)24(21,22)23;6-3-1-5-2-4-7/h14-15,17-18H,2-13,16H2,1H3,(H,21,22,23);5-7H,1-4H2. The Balaban J connectivity index is 0.00000110. The van der Waals surface area contributed by atoms with Crippen LogP contribution in [-0.4, -0.2) is 49.5 Å². The van der Waals surface area contributed by atoms with Crippen LogP contribution in [0.2, 0.25) is 0 Å². The number of benzene rings is 1. The first-order chi connectivity index (χ1) is 15.0. The monoisotopic (exact) mass is 459 g/mol. The van der Waals surface area contributed by atoms with Gasteiger partial charge < -0.3 is 15.5 Å². The highest BCUT2D eigenvalue weighted by Crippen LogP contribution is 2.18. The molecule has 0 saturated carbocycles. The van der Waals surface area contributed by atoms with Crippen LogP contribution in [0.4, 0.5) is 0 Å². The molecule has 1 rings (SSSR count). The predicted molar refractivity (Wildman–Crippen MR) is 128 cm³/mol. The lowest BCUT2D eigenvalue weighted by molar-refractivity contribution is 0.266. The van der Waals surface area contributed by atoms with Crippen LogP contribution < -0.4 is 5.32 Å². The van der Waals surface area contributed by atoms with Crippen LogP contribution in [0, 0.1) is 0 Å². The molecule has 0 amide bonds. The van der Waals surface area contributed by atoms with Crippen LogP contribution in [0.15, 0.2) is 29.2 Å². The zero-order valence-electron chi connectivity index (χ0n) is 19.4. The Labute approximate surface area is 190 Å². The largest absolute Gasteiger partial charge is 0.395 e. The van der Waals surface area contributed by atoms with Crippen LogP contribution in [0.3, 0.4) is 0 Å². The molecule has 0 aliphatic carbocycles. The molecule has 0 bridgehead atoms. The lowest BCUT2D eigenvalue weighted by Gasteiger charge is -2.07. The van der Waals surface area contributed by atoms with E-state index in [2.05, 4.69) is 12.2 Å². The maximum Gasteiger partial charge on any atom is 0.294 e. The summed E-state index contributed by atoms with van der Waals surface area (Å²) >= 11 is 0. The van der Waals surface area contributed by atoms with Crippen molar-refractivity contribution in [2.24, 2.45) is 0 Å². The van der Waals surface area contributed by atoms with Gasteiger partial charge in [-0.2, -0.15) is 8.42 Å². The van der Waals surface area contributed by atoms with Gasteiger partial charge in [-0.15, -0.1) is 0 Å². The summed E-state index contributed by atoms with van der Waals surface area (Å²) < 4.78 is 31.9. The lowest BCUT2D eigenvalue weighted by Crippen LogP contribution is -2.21. The van der Waals surface area contributed by atoms with Gasteiger partial charge in [0.1, 0.15) is 0 Å². The minimum absolute atomic E-state index is 0.0630. The Bertz CT molecular complexity index is 618. The van der Waals surface area contributed by atoms with Gasteiger partial charge in [-0.1, -0.05) is 95.8 Å². The fraction of sp³-hybridized carbons (Fsp3) is 0.750. The molecule has 0 radical (unpaired) electrons. The smallest absolute Gasteiger partial charge is 0.294 e. The minimum atomic E-state index is -4.10. The van der Waals surface area contributed by atoms with E-state index in [0.717, 1.165) is 18.4 Å². The Hall–Kier alpha value is -0.990. The van der Waals surface area contributed by atoms with Crippen LogP contribution >= 0.6 is 0 Å². The highest BCUT2D eigenvalue weighted by Gasteiger charge is 2.13. The van der Waals surface area contributed by atoms with Crippen molar-refractivity contribution >= 4 is 10.1 Å². The van der Waals surface area contributed by atoms with Gasteiger partial charge in [0.2, 0.25) is 0 Å². The van der Waals surface area contributed by atoms with Crippen molar-refractivity contribution in [3.05, 3.63) is 29.8 Å². The van der Waals surface area contributed by atoms with E-state index in [1.807, 2.05) is 6.07 Å². The molecule has 7 heteroatoms. The topological polar surface area (TPSA) is 107 Å². The van der Waals surface area contributed by atoms with Crippen molar-refractivity contribution in [1.82, 2.24) is 5.32 Å². The van der Waals surface area contributed by atoms with Gasteiger partial charge in [0.05, 0.1) is 18.1 Å². The second-order valence-corrected chi connectivity index (χ2v) is 9.31. The van der Waals surface area contributed by atoms with Crippen molar-refractivity contribution < 1.29 is 23.2 Å². The molecule has 0 aliphatic rings. The molecule has 1 aromatic rings. The highest BCUT2D eigenvalue weighted by molar-refractivity contribution is 7.85. The van der Waals surface area contributed by atoms with Gasteiger partial charge in [0, 0.05) is 13.1 Å². The van der Waals surface area contributed by atoms with Crippen molar-refractivity contribution in [2.75, 3.05) is 26.3 Å². The van der Waals surface area contributed by atoms with Crippen molar-refractivity contribution in [2.45, 2.75) is 95.3 Å². The summed E-state index contributed by atoms with van der Waals surface area (Å²) in [5.74, 6) is 0. The number of hydrogen-bond donors (Lipinski definition) is 4. The van der Waals surface area contributed by atoms with E-state index in [0.29, 0.717) is 19.5 Å². The number of aryl methyl sites for hydroxylation is 1. The first-order valence-corrected chi connectivity index (χ1v) is 13.4. The van der Waals surface area contributed by atoms with Gasteiger partial charge in [-0.05, 0) is 24.5 Å². The summed E-state index contributed by atoms with van der Waals surface area (Å²) in [5, 5.41) is 19.1. The molecule has 182 valence electrons. The number of aliphatic hydroxyl groups excluding tert-OH is 2. The molecule has 0 fully saturated rings. The summed E-state index contributed by atoms with van der Waals surface area (Å²) in [5.41, 5.74) is 0.729. The molecule has 4 N–H and O–H groups in total. The Morgan fingerprint density at radius 3 is 1.65 bits per heavy atom. The van der Waals surface area contributed by atoms with Crippen LogP contribution in [-0.2, 0) is 16.5 Å². The predicted octanol–water partition coefficient (Wildman–Crippen LogP) is 4.74. The average Bonchev–Trinajstić information content (AvgIpc) is 2.75. The third-order valence-corrected chi connectivity index (χ3v) is 6.08. The lowest BCUT2D eigenvalue weighted by atomic mass is 10.0. The molecule has 31 heavy (non-hydrogen) atoms. The summed E-state index contributed by atoms with van der Waals surface area (Å²) in [6.07, 6.45) is 16.2. The molecule has 0 aromatic heterocycles. The molecular formula is C24H45NO5S. The maximum atomic E-state index is 11.3. The van der Waals surface area contributed by atoms with Crippen molar-refractivity contribution in [1.29, 1.82) is 0 Å². The Morgan fingerprint density at radius 2 is 1.19 bits per heavy atom. The third kappa shape index (κ3) is 18.3. The molecule has 0 aliphatic heterocycles.